The van der Waals surface area contributed by atoms with Crippen LogP contribution in [0.5, 0.6) is 0 Å². The van der Waals surface area contributed by atoms with Gasteiger partial charge in [0.25, 0.3) is 5.91 Å². The lowest BCUT2D eigenvalue weighted by Crippen LogP contribution is -2.19. The first kappa shape index (κ1) is 16.9. The number of nitrogens with one attached hydrogen (secondary N) is 1. The maximum Gasteiger partial charge on any atom is 0.256 e. The quantitative estimate of drug-likeness (QED) is 0.828. The van der Waals surface area contributed by atoms with E-state index in [1.807, 2.05) is 50.2 Å². The van der Waals surface area contributed by atoms with Crippen molar-refractivity contribution in [2.45, 2.75) is 20.4 Å². The summed E-state index contributed by atoms with van der Waals surface area (Å²) in [5, 5.41) is 2.84. The average Bonchev–Trinajstić information content (AvgIpc) is 2.49. The van der Waals surface area contributed by atoms with Crippen LogP contribution in [0.1, 0.15) is 28.4 Å². The van der Waals surface area contributed by atoms with Gasteiger partial charge in [0.2, 0.25) is 0 Å². The molecule has 1 N–H and O–H groups in total. The molecule has 2 rings (SSSR count). The van der Waals surface area contributed by atoms with E-state index in [2.05, 4.69) is 28.8 Å². The van der Waals surface area contributed by atoms with E-state index in [0.29, 0.717) is 11.4 Å². The number of pyridine rings is 1. The fourth-order valence-corrected chi connectivity index (χ4v) is 2.39. The summed E-state index contributed by atoms with van der Waals surface area (Å²) < 4.78 is 0. The molecule has 0 bridgehead atoms. The molecule has 2 aromatic rings. The molecular formula is C19H23N3O. The predicted octanol–water partition coefficient (Wildman–Crippen LogP) is 3.65. The molecule has 1 heterocycles. The Labute approximate surface area is 137 Å². The molecular weight excluding hydrogens is 286 g/mol. The summed E-state index contributed by atoms with van der Waals surface area (Å²) in [7, 11) is 2.05. The molecule has 120 valence electrons. The Kier molecular flexibility index (Phi) is 5.66. The van der Waals surface area contributed by atoms with Crippen molar-refractivity contribution in [3.8, 4) is 0 Å². The number of benzene rings is 1. The van der Waals surface area contributed by atoms with Crippen LogP contribution in [0.3, 0.4) is 0 Å². The zero-order valence-corrected chi connectivity index (χ0v) is 14.0. The Hall–Kier alpha value is -2.46. The maximum atomic E-state index is 12.3. The summed E-state index contributed by atoms with van der Waals surface area (Å²) in [5.74, 6) is 0.455. The first-order valence-corrected chi connectivity index (χ1v) is 7.60. The van der Waals surface area contributed by atoms with Crippen LogP contribution in [0, 0.1) is 6.92 Å². The second-order valence-corrected chi connectivity index (χ2v) is 5.95. The summed E-state index contributed by atoms with van der Waals surface area (Å²) >= 11 is 0. The van der Waals surface area contributed by atoms with Crippen LogP contribution in [-0.4, -0.2) is 29.4 Å². The van der Waals surface area contributed by atoms with E-state index in [4.69, 9.17) is 0 Å². The monoisotopic (exact) mass is 309 g/mol. The molecule has 1 amide bonds. The lowest BCUT2D eigenvalue weighted by molar-refractivity contribution is 0.102. The minimum atomic E-state index is -0.145. The number of carbonyl (C=O) groups excluding carboxylic acids is 1. The minimum Gasteiger partial charge on any atom is -0.306 e. The van der Waals surface area contributed by atoms with Crippen molar-refractivity contribution >= 4 is 11.7 Å². The molecule has 0 aliphatic carbocycles. The number of likely N-dealkylation sites (N-methyl/N-ethyl adjacent to an activating group) is 1. The van der Waals surface area contributed by atoms with Crippen molar-refractivity contribution in [3.05, 3.63) is 71.4 Å². The normalized spacial score (nSPS) is 10.6. The fraction of sp³-hybridized carbons (Fsp3) is 0.263. The second kappa shape index (κ2) is 7.70. The number of aromatic nitrogens is 1. The predicted molar refractivity (Wildman–Crippen MR) is 94.5 cm³/mol. The zero-order chi connectivity index (χ0) is 16.8. The Bertz CT molecular complexity index is 692. The maximum absolute atomic E-state index is 12.3. The highest BCUT2D eigenvalue weighted by atomic mass is 16.1. The number of anilines is 1. The Morgan fingerprint density at radius 1 is 1.26 bits per heavy atom. The Morgan fingerprint density at radius 3 is 2.57 bits per heavy atom. The van der Waals surface area contributed by atoms with Crippen LogP contribution in [0.4, 0.5) is 5.82 Å². The lowest BCUT2D eigenvalue weighted by Gasteiger charge is -2.16. The number of amides is 1. The van der Waals surface area contributed by atoms with Crippen LogP contribution in [0.2, 0.25) is 0 Å². The van der Waals surface area contributed by atoms with Gasteiger partial charge < -0.3 is 5.32 Å². The molecule has 0 aliphatic rings. The van der Waals surface area contributed by atoms with Gasteiger partial charge in [-0.15, -0.1) is 0 Å². The van der Waals surface area contributed by atoms with Gasteiger partial charge in [0.1, 0.15) is 5.82 Å². The van der Waals surface area contributed by atoms with E-state index in [1.54, 1.807) is 6.20 Å². The Morgan fingerprint density at radius 2 is 1.96 bits per heavy atom. The van der Waals surface area contributed by atoms with Crippen molar-refractivity contribution in [1.82, 2.24) is 9.88 Å². The third-order valence-electron chi connectivity index (χ3n) is 3.45. The van der Waals surface area contributed by atoms with Crippen molar-refractivity contribution < 1.29 is 4.79 Å². The zero-order valence-electron chi connectivity index (χ0n) is 14.0. The summed E-state index contributed by atoms with van der Waals surface area (Å²) in [6.07, 6.45) is 1.67. The molecule has 0 saturated heterocycles. The summed E-state index contributed by atoms with van der Waals surface area (Å²) in [6, 6.07) is 11.4. The van der Waals surface area contributed by atoms with Gasteiger partial charge in [0.15, 0.2) is 0 Å². The number of hydrogen-bond acceptors (Lipinski definition) is 3. The van der Waals surface area contributed by atoms with E-state index in [1.165, 1.54) is 5.56 Å². The van der Waals surface area contributed by atoms with Crippen LogP contribution < -0.4 is 5.32 Å². The van der Waals surface area contributed by atoms with E-state index in [-0.39, 0.29) is 5.91 Å². The first-order valence-electron chi connectivity index (χ1n) is 7.60. The van der Waals surface area contributed by atoms with E-state index < -0.39 is 0 Å². The van der Waals surface area contributed by atoms with Crippen molar-refractivity contribution in [2.24, 2.45) is 0 Å². The van der Waals surface area contributed by atoms with Gasteiger partial charge in [-0.2, -0.15) is 0 Å². The molecule has 0 radical (unpaired) electrons. The van der Waals surface area contributed by atoms with E-state index in [9.17, 15) is 4.79 Å². The van der Waals surface area contributed by atoms with Crippen LogP contribution >= 0.6 is 0 Å². The first-order chi connectivity index (χ1) is 11.0. The van der Waals surface area contributed by atoms with Gasteiger partial charge in [-0.3, -0.25) is 9.69 Å². The molecule has 1 aromatic carbocycles. The van der Waals surface area contributed by atoms with Crippen LogP contribution in [0.15, 0.2) is 54.7 Å². The van der Waals surface area contributed by atoms with Gasteiger partial charge in [-0.25, -0.2) is 4.98 Å². The molecule has 4 nitrogen and oxygen atoms in total. The van der Waals surface area contributed by atoms with Crippen molar-refractivity contribution in [1.29, 1.82) is 0 Å². The standard InChI is InChI=1S/C19H23N3O/c1-14(2)12-22(4)13-16-7-9-17(10-8-16)19(23)21-18-15(3)6-5-11-20-18/h5-11H,1,12-13H2,2-4H3,(H,20,21,23). The third kappa shape index (κ3) is 5.04. The lowest BCUT2D eigenvalue weighted by atomic mass is 10.1. The van der Waals surface area contributed by atoms with Gasteiger partial charge in [0, 0.05) is 24.8 Å². The molecule has 0 saturated carbocycles. The van der Waals surface area contributed by atoms with Crippen molar-refractivity contribution in [2.75, 3.05) is 18.9 Å². The number of rotatable bonds is 6. The van der Waals surface area contributed by atoms with Gasteiger partial charge >= 0.3 is 0 Å². The number of aryl methyl sites for hydroxylation is 1. The van der Waals surface area contributed by atoms with Gasteiger partial charge in [0.05, 0.1) is 0 Å². The number of hydrogen-bond donors (Lipinski definition) is 1. The highest BCUT2D eigenvalue weighted by Crippen LogP contribution is 2.13. The fourth-order valence-electron chi connectivity index (χ4n) is 2.39. The molecule has 0 spiro atoms. The molecule has 0 fully saturated rings. The largest absolute Gasteiger partial charge is 0.306 e. The Balaban J connectivity index is 2.00. The summed E-state index contributed by atoms with van der Waals surface area (Å²) in [5.41, 5.74) is 3.87. The summed E-state index contributed by atoms with van der Waals surface area (Å²) in [4.78, 5) is 18.6. The van der Waals surface area contributed by atoms with E-state index >= 15 is 0 Å². The molecule has 4 heteroatoms. The molecule has 0 aliphatic heterocycles. The smallest absolute Gasteiger partial charge is 0.256 e. The van der Waals surface area contributed by atoms with Crippen molar-refractivity contribution in [3.63, 3.8) is 0 Å². The third-order valence-corrected chi connectivity index (χ3v) is 3.45. The minimum absolute atomic E-state index is 0.145. The topological polar surface area (TPSA) is 45.2 Å². The van der Waals surface area contributed by atoms with Gasteiger partial charge in [-0.05, 0) is 50.2 Å². The second-order valence-electron chi connectivity index (χ2n) is 5.95. The van der Waals surface area contributed by atoms with Crippen LogP contribution in [0.25, 0.3) is 0 Å². The number of nitrogens with zero attached hydrogens (tertiary/aromatic N) is 2. The molecule has 0 unspecified atom stereocenters. The summed E-state index contributed by atoms with van der Waals surface area (Å²) in [6.45, 7) is 9.55. The molecule has 23 heavy (non-hydrogen) atoms. The highest BCUT2D eigenvalue weighted by molar-refractivity contribution is 6.04. The average molecular weight is 309 g/mol. The van der Waals surface area contributed by atoms with E-state index in [0.717, 1.165) is 24.2 Å². The highest BCUT2D eigenvalue weighted by Gasteiger charge is 2.09. The number of carbonyl (C=O) groups is 1. The molecule has 0 atom stereocenters. The van der Waals surface area contributed by atoms with Gasteiger partial charge in [-0.1, -0.05) is 30.4 Å². The SMILES string of the molecule is C=C(C)CN(C)Cc1ccc(C(=O)Nc2ncccc2C)cc1. The van der Waals surface area contributed by atoms with Crippen LogP contribution in [-0.2, 0) is 6.54 Å². The molecule has 1 aromatic heterocycles.